The summed E-state index contributed by atoms with van der Waals surface area (Å²) >= 11 is 0. The van der Waals surface area contributed by atoms with Crippen LogP contribution in [0.3, 0.4) is 0 Å². The van der Waals surface area contributed by atoms with Gasteiger partial charge >= 0.3 is 0 Å². The minimum atomic E-state index is 0.0206. The molecule has 0 saturated heterocycles. The SMILES string of the molecule is C[C@H](CO)CC(=O)C[C@@H](C)CCC(=O)c1ccoc1. The highest BCUT2D eigenvalue weighted by Gasteiger charge is 2.14. The maximum Gasteiger partial charge on any atom is 0.166 e. The first kappa shape index (κ1) is 15.6. The fraction of sp³-hybridized carbons (Fsp3) is 0.600. The Kier molecular flexibility index (Phi) is 6.50. The van der Waals surface area contributed by atoms with Gasteiger partial charge in [-0.3, -0.25) is 9.59 Å². The molecule has 0 amide bonds. The van der Waals surface area contributed by atoms with Crippen LogP contribution in [0, 0.1) is 11.8 Å². The molecule has 4 heteroatoms. The van der Waals surface area contributed by atoms with Crippen LogP contribution in [0.25, 0.3) is 0 Å². The summed E-state index contributed by atoms with van der Waals surface area (Å²) in [6, 6.07) is 1.65. The van der Waals surface area contributed by atoms with Crippen LogP contribution >= 0.6 is 0 Å². The first-order valence-corrected chi connectivity index (χ1v) is 6.70. The van der Waals surface area contributed by atoms with Gasteiger partial charge in [-0.05, 0) is 24.3 Å². The van der Waals surface area contributed by atoms with E-state index in [2.05, 4.69) is 0 Å². The van der Waals surface area contributed by atoms with Crippen LogP contribution < -0.4 is 0 Å². The van der Waals surface area contributed by atoms with Crippen molar-refractivity contribution < 1.29 is 19.1 Å². The molecule has 1 aromatic rings. The number of aliphatic hydroxyl groups excluding tert-OH is 1. The molecule has 1 N–H and O–H groups in total. The molecular formula is C15H22O4. The number of hydrogen-bond acceptors (Lipinski definition) is 4. The van der Waals surface area contributed by atoms with E-state index in [1.807, 2.05) is 13.8 Å². The summed E-state index contributed by atoms with van der Waals surface area (Å²) in [4.78, 5) is 23.4. The Morgan fingerprint density at radius 2 is 1.95 bits per heavy atom. The summed E-state index contributed by atoms with van der Waals surface area (Å²) in [7, 11) is 0. The summed E-state index contributed by atoms with van der Waals surface area (Å²) in [5.41, 5.74) is 0.590. The summed E-state index contributed by atoms with van der Waals surface area (Å²) in [5, 5.41) is 8.89. The summed E-state index contributed by atoms with van der Waals surface area (Å²) in [5.74, 6) is 0.420. The van der Waals surface area contributed by atoms with E-state index in [-0.39, 0.29) is 30.0 Å². The molecule has 1 aromatic heterocycles. The predicted molar refractivity (Wildman–Crippen MR) is 71.9 cm³/mol. The molecule has 0 aliphatic rings. The molecule has 0 aliphatic carbocycles. The first-order chi connectivity index (χ1) is 9.02. The Morgan fingerprint density at radius 1 is 1.26 bits per heavy atom. The lowest BCUT2D eigenvalue weighted by Crippen LogP contribution is -2.12. The van der Waals surface area contributed by atoms with Gasteiger partial charge in [0.2, 0.25) is 0 Å². The molecule has 0 unspecified atom stereocenters. The van der Waals surface area contributed by atoms with Crippen molar-refractivity contribution in [3.05, 3.63) is 24.2 Å². The van der Waals surface area contributed by atoms with Crippen LogP contribution in [0.4, 0.5) is 0 Å². The van der Waals surface area contributed by atoms with E-state index in [1.54, 1.807) is 6.07 Å². The topological polar surface area (TPSA) is 67.5 Å². The Morgan fingerprint density at radius 3 is 2.53 bits per heavy atom. The van der Waals surface area contributed by atoms with Gasteiger partial charge in [-0.25, -0.2) is 0 Å². The molecule has 0 aliphatic heterocycles. The van der Waals surface area contributed by atoms with Crippen LogP contribution in [0.1, 0.15) is 49.9 Å². The van der Waals surface area contributed by atoms with E-state index in [9.17, 15) is 9.59 Å². The lowest BCUT2D eigenvalue weighted by molar-refractivity contribution is -0.121. The molecule has 106 valence electrons. The second kappa shape index (κ2) is 7.89. The number of carbonyl (C=O) groups is 2. The molecule has 1 heterocycles. The second-order valence-electron chi connectivity index (χ2n) is 5.31. The van der Waals surface area contributed by atoms with Crippen molar-refractivity contribution >= 4 is 11.6 Å². The van der Waals surface area contributed by atoms with Gasteiger partial charge in [0.15, 0.2) is 5.78 Å². The molecule has 0 saturated carbocycles. The van der Waals surface area contributed by atoms with E-state index < -0.39 is 0 Å². The predicted octanol–water partition coefficient (Wildman–Crippen LogP) is 2.86. The lowest BCUT2D eigenvalue weighted by Gasteiger charge is -2.11. The first-order valence-electron chi connectivity index (χ1n) is 6.70. The van der Waals surface area contributed by atoms with Crippen LogP contribution in [-0.2, 0) is 4.79 Å². The lowest BCUT2D eigenvalue weighted by atomic mass is 9.93. The summed E-state index contributed by atoms with van der Waals surface area (Å²) < 4.78 is 4.86. The number of Topliss-reactive ketones (excluding diaryl/α,β-unsaturated/α-hetero) is 2. The molecule has 0 aromatic carbocycles. The third-order valence-electron chi connectivity index (χ3n) is 3.17. The van der Waals surface area contributed by atoms with Gasteiger partial charge in [-0.1, -0.05) is 13.8 Å². The van der Waals surface area contributed by atoms with Crippen molar-refractivity contribution in [1.29, 1.82) is 0 Å². The number of rotatable bonds is 9. The van der Waals surface area contributed by atoms with E-state index in [0.29, 0.717) is 31.2 Å². The monoisotopic (exact) mass is 266 g/mol. The Hall–Kier alpha value is -1.42. The molecule has 1 rings (SSSR count). The van der Waals surface area contributed by atoms with Crippen molar-refractivity contribution in [3.8, 4) is 0 Å². The number of carbonyl (C=O) groups excluding carboxylic acids is 2. The van der Waals surface area contributed by atoms with Crippen molar-refractivity contribution in [2.24, 2.45) is 11.8 Å². The second-order valence-corrected chi connectivity index (χ2v) is 5.31. The molecule has 0 radical (unpaired) electrons. The van der Waals surface area contributed by atoms with Gasteiger partial charge in [0.25, 0.3) is 0 Å². The number of furan rings is 1. The van der Waals surface area contributed by atoms with Crippen molar-refractivity contribution in [3.63, 3.8) is 0 Å². The van der Waals surface area contributed by atoms with Gasteiger partial charge in [0.05, 0.1) is 11.8 Å². The zero-order valence-corrected chi connectivity index (χ0v) is 11.6. The van der Waals surface area contributed by atoms with Crippen LogP contribution in [0.5, 0.6) is 0 Å². The average molecular weight is 266 g/mol. The highest BCUT2D eigenvalue weighted by atomic mass is 16.3. The highest BCUT2D eigenvalue weighted by Crippen LogP contribution is 2.16. The van der Waals surface area contributed by atoms with Crippen molar-refractivity contribution in [2.45, 2.75) is 39.5 Å². The largest absolute Gasteiger partial charge is 0.472 e. The van der Waals surface area contributed by atoms with E-state index in [1.165, 1.54) is 12.5 Å². The molecule has 4 nitrogen and oxygen atoms in total. The fourth-order valence-corrected chi connectivity index (χ4v) is 1.97. The van der Waals surface area contributed by atoms with E-state index >= 15 is 0 Å². The Labute approximate surface area is 113 Å². The fourth-order valence-electron chi connectivity index (χ4n) is 1.97. The molecule has 0 fully saturated rings. The Balaban J connectivity index is 2.26. The standard InChI is InChI=1S/C15H22O4/c1-11(7-14(17)8-12(2)9-16)3-4-15(18)13-5-6-19-10-13/h5-6,10-12,16H,3-4,7-9H2,1-2H3/t11-,12-/m0/s1. The van der Waals surface area contributed by atoms with Gasteiger partial charge < -0.3 is 9.52 Å². The van der Waals surface area contributed by atoms with E-state index in [0.717, 1.165) is 0 Å². The minimum Gasteiger partial charge on any atom is -0.472 e. The third kappa shape index (κ3) is 5.83. The smallest absolute Gasteiger partial charge is 0.166 e. The van der Waals surface area contributed by atoms with Crippen LogP contribution in [0.2, 0.25) is 0 Å². The Bertz CT molecular complexity index is 394. The molecule has 19 heavy (non-hydrogen) atoms. The average Bonchev–Trinajstić information content (AvgIpc) is 2.89. The van der Waals surface area contributed by atoms with Gasteiger partial charge in [-0.2, -0.15) is 0 Å². The number of hydrogen-bond donors (Lipinski definition) is 1. The van der Waals surface area contributed by atoms with E-state index in [4.69, 9.17) is 9.52 Å². The van der Waals surface area contributed by atoms with Gasteiger partial charge in [0.1, 0.15) is 12.0 Å². The quantitative estimate of drug-likeness (QED) is 0.698. The summed E-state index contributed by atoms with van der Waals surface area (Å²) in [6.45, 7) is 3.87. The molecular weight excluding hydrogens is 244 g/mol. The van der Waals surface area contributed by atoms with Crippen LogP contribution in [0.15, 0.2) is 23.0 Å². The van der Waals surface area contributed by atoms with Crippen molar-refractivity contribution in [1.82, 2.24) is 0 Å². The maximum atomic E-state index is 11.7. The molecule has 0 spiro atoms. The number of ketones is 2. The molecule has 2 atom stereocenters. The van der Waals surface area contributed by atoms with Gasteiger partial charge in [-0.15, -0.1) is 0 Å². The van der Waals surface area contributed by atoms with Gasteiger partial charge in [0, 0.05) is 25.9 Å². The summed E-state index contributed by atoms with van der Waals surface area (Å²) in [6.07, 6.45) is 4.95. The number of aliphatic hydroxyl groups is 1. The molecule has 0 bridgehead atoms. The minimum absolute atomic E-state index is 0.0206. The third-order valence-corrected chi connectivity index (χ3v) is 3.17. The normalized spacial score (nSPS) is 14.1. The highest BCUT2D eigenvalue weighted by molar-refractivity contribution is 5.95. The zero-order valence-electron chi connectivity index (χ0n) is 11.6. The zero-order chi connectivity index (χ0) is 14.3. The maximum absolute atomic E-state index is 11.7. The van der Waals surface area contributed by atoms with Crippen LogP contribution in [-0.4, -0.2) is 23.3 Å². The van der Waals surface area contributed by atoms with Crippen molar-refractivity contribution in [2.75, 3.05) is 6.61 Å².